The third kappa shape index (κ3) is 4.90. The van der Waals surface area contributed by atoms with Crippen molar-refractivity contribution in [3.63, 3.8) is 0 Å². The fourth-order valence-corrected chi connectivity index (χ4v) is 9.72. The molecule has 3 heteroatoms. The van der Waals surface area contributed by atoms with Crippen LogP contribution in [0, 0.1) is 0 Å². The van der Waals surface area contributed by atoms with Crippen LogP contribution >= 0.6 is 7.26 Å². The number of rotatable bonds is 7. The standard InChI is InChI=1S/C31H30OP.BrH/c1-5-15-26(16-6-1)25-32-30-23-13-14-24-31(30)33(27-17-7-2-8-18-27,28-19-9-3-10-20-28)29-21-11-4-12-22-29;/h1-12,15-22H,13-14,23-25H2;1H/q+1;/p-1. The van der Waals surface area contributed by atoms with Gasteiger partial charge in [-0.3, -0.25) is 0 Å². The monoisotopic (exact) mass is 528 g/mol. The minimum absolute atomic E-state index is 0. The second kappa shape index (κ2) is 11.6. The highest BCUT2D eigenvalue weighted by Gasteiger charge is 2.51. The average molecular weight is 529 g/mol. The van der Waals surface area contributed by atoms with E-state index in [4.69, 9.17) is 4.74 Å². The molecule has 0 radical (unpaired) electrons. The molecule has 5 rings (SSSR count). The van der Waals surface area contributed by atoms with Crippen molar-refractivity contribution in [1.82, 2.24) is 0 Å². The van der Waals surface area contributed by atoms with Crippen LogP contribution in [0.1, 0.15) is 31.2 Å². The van der Waals surface area contributed by atoms with E-state index in [0.29, 0.717) is 6.61 Å². The topological polar surface area (TPSA) is 9.23 Å². The van der Waals surface area contributed by atoms with E-state index in [1.165, 1.54) is 45.4 Å². The average Bonchev–Trinajstić information content (AvgIpc) is 2.91. The Labute approximate surface area is 214 Å². The van der Waals surface area contributed by atoms with Gasteiger partial charge in [-0.1, -0.05) is 84.9 Å². The minimum atomic E-state index is -2.05. The van der Waals surface area contributed by atoms with Gasteiger partial charge in [-0.2, -0.15) is 0 Å². The molecular weight excluding hydrogens is 499 g/mol. The van der Waals surface area contributed by atoms with Crippen LogP contribution in [0.25, 0.3) is 0 Å². The van der Waals surface area contributed by atoms with Crippen LogP contribution in [0.3, 0.4) is 0 Å². The summed E-state index contributed by atoms with van der Waals surface area (Å²) in [6.45, 7) is 0.623. The number of hydrogen-bond donors (Lipinski definition) is 0. The highest BCUT2D eigenvalue weighted by atomic mass is 79.9. The Balaban J connectivity index is 0.00000274. The second-order valence-electron chi connectivity index (χ2n) is 8.53. The number of hydrogen-bond acceptors (Lipinski definition) is 1. The van der Waals surface area contributed by atoms with Gasteiger partial charge in [0.1, 0.15) is 40.9 Å². The summed E-state index contributed by atoms with van der Waals surface area (Å²) in [6.07, 6.45) is 4.49. The molecule has 34 heavy (non-hydrogen) atoms. The van der Waals surface area contributed by atoms with Crippen LogP contribution in [-0.2, 0) is 11.3 Å². The zero-order chi connectivity index (χ0) is 22.3. The molecule has 1 aliphatic carbocycles. The van der Waals surface area contributed by atoms with Crippen LogP contribution in [-0.4, -0.2) is 0 Å². The summed E-state index contributed by atoms with van der Waals surface area (Å²) < 4.78 is 6.66. The van der Waals surface area contributed by atoms with Crippen molar-refractivity contribution in [2.75, 3.05) is 0 Å². The van der Waals surface area contributed by atoms with Crippen LogP contribution in [0.5, 0.6) is 0 Å². The first-order chi connectivity index (χ1) is 16.4. The van der Waals surface area contributed by atoms with Gasteiger partial charge < -0.3 is 21.7 Å². The van der Waals surface area contributed by atoms with E-state index in [-0.39, 0.29) is 17.0 Å². The third-order valence-electron chi connectivity index (χ3n) is 6.48. The van der Waals surface area contributed by atoms with E-state index in [2.05, 4.69) is 121 Å². The largest absolute Gasteiger partial charge is 1.00 e. The summed E-state index contributed by atoms with van der Waals surface area (Å²) in [4.78, 5) is 0. The molecule has 0 bridgehead atoms. The zero-order valence-corrected chi connectivity index (χ0v) is 21.8. The Bertz CT molecular complexity index is 1090. The molecule has 4 aromatic carbocycles. The SMILES string of the molecule is [Br-].c1ccc(COC2=C([P+](c3ccccc3)(c3ccccc3)c3ccccc3)CCCC2)cc1. The van der Waals surface area contributed by atoms with E-state index in [1.807, 2.05) is 0 Å². The Morgan fingerprint density at radius 1 is 0.529 bits per heavy atom. The first kappa shape index (κ1) is 24.5. The van der Waals surface area contributed by atoms with Crippen molar-refractivity contribution < 1.29 is 21.7 Å². The molecule has 0 fully saturated rings. The second-order valence-corrected chi connectivity index (χ2v) is 12.0. The molecule has 0 aliphatic heterocycles. The maximum Gasteiger partial charge on any atom is 0.143 e. The number of benzene rings is 4. The molecule has 0 aromatic heterocycles. The third-order valence-corrected chi connectivity index (χ3v) is 11.0. The van der Waals surface area contributed by atoms with Gasteiger partial charge in [-0.05, 0) is 54.8 Å². The first-order valence-electron chi connectivity index (χ1n) is 11.8. The summed E-state index contributed by atoms with van der Waals surface area (Å²) >= 11 is 0. The Morgan fingerprint density at radius 3 is 1.41 bits per heavy atom. The van der Waals surface area contributed by atoms with Crippen molar-refractivity contribution in [2.24, 2.45) is 0 Å². The van der Waals surface area contributed by atoms with Crippen molar-refractivity contribution >= 4 is 23.2 Å². The number of allylic oxidation sites excluding steroid dienone is 2. The number of halogens is 1. The van der Waals surface area contributed by atoms with Crippen molar-refractivity contribution in [1.29, 1.82) is 0 Å². The molecule has 1 nitrogen and oxygen atoms in total. The molecule has 0 saturated carbocycles. The predicted octanol–water partition coefficient (Wildman–Crippen LogP) is 3.99. The van der Waals surface area contributed by atoms with E-state index in [0.717, 1.165) is 12.8 Å². The fourth-order valence-electron chi connectivity index (χ4n) is 4.99. The summed E-state index contributed by atoms with van der Waals surface area (Å²) in [5.74, 6) is 1.20. The molecule has 1 aliphatic rings. The molecule has 0 saturated heterocycles. The molecule has 172 valence electrons. The summed E-state index contributed by atoms with van der Waals surface area (Å²) in [7, 11) is -2.05. The van der Waals surface area contributed by atoms with Crippen LogP contribution in [0.15, 0.2) is 132 Å². The van der Waals surface area contributed by atoms with E-state index in [9.17, 15) is 0 Å². The Hall–Kier alpha value is -2.67. The van der Waals surface area contributed by atoms with Gasteiger partial charge in [0.05, 0.1) is 0 Å². The lowest BCUT2D eigenvalue weighted by Gasteiger charge is -2.33. The first-order valence-corrected chi connectivity index (χ1v) is 13.6. The van der Waals surface area contributed by atoms with E-state index < -0.39 is 7.26 Å². The highest BCUT2D eigenvalue weighted by Crippen LogP contribution is 2.66. The van der Waals surface area contributed by atoms with Gasteiger partial charge in [-0.25, -0.2) is 0 Å². The van der Waals surface area contributed by atoms with Crippen LogP contribution in [0.4, 0.5) is 0 Å². The molecule has 0 unspecified atom stereocenters. The predicted molar refractivity (Wildman–Crippen MR) is 142 cm³/mol. The molecule has 4 aromatic rings. The normalized spacial score (nSPS) is 13.8. The quantitative estimate of drug-likeness (QED) is 0.329. The van der Waals surface area contributed by atoms with Crippen molar-refractivity contribution in [3.05, 3.63) is 138 Å². The lowest BCUT2D eigenvalue weighted by Crippen LogP contribution is -3.00. The maximum absolute atomic E-state index is 6.66. The molecule has 0 heterocycles. The van der Waals surface area contributed by atoms with Gasteiger partial charge in [0, 0.05) is 12.8 Å². The van der Waals surface area contributed by atoms with Gasteiger partial charge in [0.15, 0.2) is 0 Å². The van der Waals surface area contributed by atoms with Gasteiger partial charge in [-0.15, -0.1) is 0 Å². The maximum atomic E-state index is 6.66. The molecule has 0 amide bonds. The molecular formula is C31H30BrOP. The number of ether oxygens (including phenoxy) is 1. The van der Waals surface area contributed by atoms with Gasteiger partial charge in [0.2, 0.25) is 0 Å². The van der Waals surface area contributed by atoms with Crippen molar-refractivity contribution in [3.8, 4) is 0 Å². The molecule has 0 N–H and O–H groups in total. The Morgan fingerprint density at radius 2 is 0.941 bits per heavy atom. The van der Waals surface area contributed by atoms with Crippen molar-refractivity contribution in [2.45, 2.75) is 32.3 Å². The summed E-state index contributed by atoms with van der Waals surface area (Å²) in [5.41, 5.74) is 1.22. The fraction of sp³-hybridized carbons (Fsp3) is 0.161. The summed E-state index contributed by atoms with van der Waals surface area (Å²) in [6, 6.07) is 43.9. The van der Waals surface area contributed by atoms with Gasteiger partial charge in [0.25, 0.3) is 0 Å². The zero-order valence-electron chi connectivity index (χ0n) is 19.3. The molecule has 0 atom stereocenters. The summed E-state index contributed by atoms with van der Waals surface area (Å²) in [5, 5.41) is 5.72. The highest BCUT2D eigenvalue weighted by molar-refractivity contribution is 7.99. The minimum Gasteiger partial charge on any atom is -1.00 e. The van der Waals surface area contributed by atoms with E-state index in [1.54, 1.807) is 0 Å². The lowest BCUT2D eigenvalue weighted by atomic mass is 10.1. The lowest BCUT2D eigenvalue weighted by molar-refractivity contribution is -0.00000702. The van der Waals surface area contributed by atoms with Crippen LogP contribution in [0.2, 0.25) is 0 Å². The smallest absolute Gasteiger partial charge is 0.143 e. The Kier molecular flexibility index (Phi) is 8.38. The van der Waals surface area contributed by atoms with Crippen LogP contribution < -0.4 is 32.9 Å². The van der Waals surface area contributed by atoms with E-state index >= 15 is 0 Å². The van der Waals surface area contributed by atoms with Gasteiger partial charge >= 0.3 is 0 Å². The molecule has 0 spiro atoms.